The third-order valence-corrected chi connectivity index (χ3v) is 8.09. The van der Waals surface area contributed by atoms with E-state index in [1.54, 1.807) is 6.07 Å². The summed E-state index contributed by atoms with van der Waals surface area (Å²) < 4.78 is 16.7. The molecule has 1 saturated heterocycles. The monoisotopic (exact) mass is 616 g/mol. The van der Waals surface area contributed by atoms with Crippen LogP contribution in [0.1, 0.15) is 40.0 Å². The number of rotatable bonds is 14. The maximum absolute atomic E-state index is 11.9. The molecule has 4 rings (SSSR count). The number of nitrogens with one attached hydrogen (secondary N) is 1. The standard InChI is InChI=1S/C32H42Cl2N4O4/c1-23(2)19-24(3)21-35-32(39)42-22-41-30-12-10-25-9-11-26(20-28(25)36-30)40-18-5-4-13-37-14-16-38(17-15-37)29-8-6-7-27(33)31(29)34/h6-12,20,23-24H,4-5,13-19,21-22H2,1-3H3,(H,35,39). The lowest BCUT2D eigenvalue weighted by Gasteiger charge is -2.36. The highest BCUT2D eigenvalue weighted by Crippen LogP contribution is 2.33. The first kappa shape index (κ1) is 32.0. The summed E-state index contributed by atoms with van der Waals surface area (Å²) in [5.74, 6) is 2.13. The van der Waals surface area contributed by atoms with Gasteiger partial charge < -0.3 is 24.4 Å². The number of amides is 1. The molecule has 0 saturated carbocycles. The number of hydrogen-bond acceptors (Lipinski definition) is 7. The van der Waals surface area contributed by atoms with Gasteiger partial charge in [0.1, 0.15) is 5.75 Å². The Balaban J connectivity index is 1.13. The van der Waals surface area contributed by atoms with E-state index in [-0.39, 0.29) is 6.79 Å². The summed E-state index contributed by atoms with van der Waals surface area (Å²) in [7, 11) is 0. The van der Waals surface area contributed by atoms with Crippen LogP contribution < -0.4 is 19.7 Å². The number of alkyl carbamates (subject to hydrolysis) is 1. The fraction of sp³-hybridized carbons (Fsp3) is 0.500. The number of piperazine rings is 1. The number of ether oxygens (including phenoxy) is 3. The molecule has 228 valence electrons. The van der Waals surface area contributed by atoms with Crippen LogP contribution in [0.2, 0.25) is 10.0 Å². The van der Waals surface area contributed by atoms with Crippen molar-refractivity contribution in [2.24, 2.45) is 11.8 Å². The molecule has 1 amide bonds. The van der Waals surface area contributed by atoms with Gasteiger partial charge in [-0.05, 0) is 68.0 Å². The molecule has 1 aromatic heterocycles. The zero-order chi connectivity index (χ0) is 29.9. The third kappa shape index (κ3) is 9.82. The van der Waals surface area contributed by atoms with E-state index in [0.29, 0.717) is 40.9 Å². The Hall–Kier alpha value is -2.94. The molecule has 1 fully saturated rings. The minimum Gasteiger partial charge on any atom is -0.494 e. The number of pyridine rings is 1. The number of halogens is 2. The summed E-state index contributed by atoms with van der Waals surface area (Å²) in [5, 5.41) is 4.99. The van der Waals surface area contributed by atoms with Gasteiger partial charge in [0, 0.05) is 50.2 Å². The Morgan fingerprint density at radius 3 is 2.57 bits per heavy atom. The van der Waals surface area contributed by atoms with Crippen LogP contribution in [0.3, 0.4) is 0 Å². The average Bonchev–Trinajstić information content (AvgIpc) is 2.97. The van der Waals surface area contributed by atoms with E-state index in [2.05, 4.69) is 40.9 Å². The molecule has 1 unspecified atom stereocenters. The highest BCUT2D eigenvalue weighted by atomic mass is 35.5. The van der Waals surface area contributed by atoms with Gasteiger partial charge in [0.15, 0.2) is 0 Å². The van der Waals surface area contributed by atoms with Crippen molar-refractivity contribution in [3.05, 3.63) is 58.6 Å². The zero-order valence-electron chi connectivity index (χ0n) is 24.8. The fourth-order valence-electron chi connectivity index (χ4n) is 5.17. The summed E-state index contributed by atoms with van der Waals surface area (Å²) in [6.45, 7) is 12.4. The van der Waals surface area contributed by atoms with Crippen LogP contribution in [0.4, 0.5) is 10.5 Å². The molecular weight excluding hydrogens is 575 g/mol. The van der Waals surface area contributed by atoms with Crippen molar-refractivity contribution in [3.8, 4) is 11.6 Å². The van der Waals surface area contributed by atoms with Crippen LogP contribution in [-0.2, 0) is 4.74 Å². The molecule has 0 radical (unpaired) electrons. The number of nitrogens with zero attached hydrogens (tertiary/aromatic N) is 3. The number of unbranched alkanes of at least 4 members (excludes halogenated alkanes) is 1. The minimum absolute atomic E-state index is 0.206. The Morgan fingerprint density at radius 2 is 1.79 bits per heavy atom. The van der Waals surface area contributed by atoms with E-state index < -0.39 is 6.09 Å². The van der Waals surface area contributed by atoms with Crippen molar-refractivity contribution in [3.63, 3.8) is 0 Å². The van der Waals surface area contributed by atoms with Gasteiger partial charge in [-0.25, -0.2) is 9.78 Å². The molecule has 1 atom stereocenters. The molecule has 0 bridgehead atoms. The molecule has 0 aliphatic carbocycles. The third-order valence-electron chi connectivity index (χ3n) is 7.29. The van der Waals surface area contributed by atoms with Gasteiger partial charge in [-0.1, -0.05) is 50.0 Å². The van der Waals surface area contributed by atoms with E-state index >= 15 is 0 Å². The second-order valence-electron chi connectivity index (χ2n) is 11.3. The Kier molecular flexibility index (Phi) is 12.2. The van der Waals surface area contributed by atoms with Gasteiger partial charge in [0.05, 0.1) is 27.9 Å². The van der Waals surface area contributed by atoms with E-state index in [1.165, 1.54) is 0 Å². The van der Waals surface area contributed by atoms with E-state index in [9.17, 15) is 4.79 Å². The number of carbonyl (C=O) groups excluding carboxylic acids is 1. The Labute approximate surface area is 259 Å². The number of anilines is 1. The number of benzene rings is 2. The van der Waals surface area contributed by atoms with Gasteiger partial charge in [-0.2, -0.15) is 0 Å². The summed E-state index contributed by atoms with van der Waals surface area (Å²) in [6, 6.07) is 15.3. The Morgan fingerprint density at radius 1 is 1.00 bits per heavy atom. The second-order valence-corrected chi connectivity index (χ2v) is 12.1. The smallest absolute Gasteiger partial charge is 0.410 e. The number of carbonyl (C=O) groups is 1. The number of hydrogen-bond donors (Lipinski definition) is 1. The predicted octanol–water partition coefficient (Wildman–Crippen LogP) is 7.27. The minimum atomic E-state index is -0.494. The number of aromatic nitrogens is 1. The maximum Gasteiger partial charge on any atom is 0.410 e. The lowest BCUT2D eigenvalue weighted by atomic mass is 9.99. The van der Waals surface area contributed by atoms with Crippen LogP contribution in [0.5, 0.6) is 11.6 Å². The van der Waals surface area contributed by atoms with Crippen molar-refractivity contribution in [2.45, 2.75) is 40.0 Å². The molecule has 0 spiro atoms. The van der Waals surface area contributed by atoms with Crippen molar-refractivity contribution in [1.29, 1.82) is 0 Å². The second kappa shape index (κ2) is 16.1. The molecule has 2 aromatic carbocycles. The van der Waals surface area contributed by atoms with Crippen LogP contribution in [0, 0.1) is 11.8 Å². The first-order valence-electron chi connectivity index (χ1n) is 14.8. The van der Waals surface area contributed by atoms with Gasteiger partial charge in [0.2, 0.25) is 12.7 Å². The van der Waals surface area contributed by atoms with Crippen molar-refractivity contribution in [2.75, 3.05) is 57.6 Å². The predicted molar refractivity (Wildman–Crippen MR) is 170 cm³/mol. The normalized spacial score (nSPS) is 14.7. The molecular formula is C32H42Cl2N4O4. The number of fused-ring (bicyclic) bond motifs is 1. The molecule has 10 heteroatoms. The Bertz CT molecular complexity index is 1300. The first-order chi connectivity index (χ1) is 20.3. The van der Waals surface area contributed by atoms with Crippen molar-refractivity contribution < 1.29 is 19.0 Å². The molecule has 2 heterocycles. The molecule has 1 aliphatic rings. The first-order valence-corrected chi connectivity index (χ1v) is 15.5. The van der Waals surface area contributed by atoms with Gasteiger partial charge in [-0.3, -0.25) is 4.90 Å². The quantitative estimate of drug-likeness (QED) is 0.151. The summed E-state index contributed by atoms with van der Waals surface area (Å²) in [4.78, 5) is 21.3. The van der Waals surface area contributed by atoms with Gasteiger partial charge >= 0.3 is 6.09 Å². The highest BCUT2D eigenvalue weighted by Gasteiger charge is 2.19. The maximum atomic E-state index is 11.9. The highest BCUT2D eigenvalue weighted by molar-refractivity contribution is 6.43. The van der Waals surface area contributed by atoms with E-state index in [0.717, 1.165) is 74.3 Å². The fourth-order valence-corrected chi connectivity index (χ4v) is 5.58. The molecule has 8 nitrogen and oxygen atoms in total. The van der Waals surface area contributed by atoms with Crippen LogP contribution in [0.15, 0.2) is 48.5 Å². The van der Waals surface area contributed by atoms with E-state index in [4.69, 9.17) is 37.4 Å². The molecule has 1 aliphatic heterocycles. The van der Waals surface area contributed by atoms with Crippen molar-refractivity contribution >= 4 is 45.9 Å². The topological polar surface area (TPSA) is 76.2 Å². The van der Waals surface area contributed by atoms with Crippen LogP contribution >= 0.6 is 23.2 Å². The lowest BCUT2D eigenvalue weighted by molar-refractivity contribution is 0.0563. The zero-order valence-corrected chi connectivity index (χ0v) is 26.3. The van der Waals surface area contributed by atoms with Crippen LogP contribution in [-0.4, -0.2) is 68.6 Å². The van der Waals surface area contributed by atoms with Gasteiger partial charge in [0.25, 0.3) is 0 Å². The van der Waals surface area contributed by atoms with Crippen molar-refractivity contribution in [1.82, 2.24) is 15.2 Å². The molecule has 3 aromatic rings. The van der Waals surface area contributed by atoms with E-state index in [1.807, 2.05) is 42.5 Å². The summed E-state index contributed by atoms with van der Waals surface area (Å²) in [5.41, 5.74) is 1.77. The summed E-state index contributed by atoms with van der Waals surface area (Å²) >= 11 is 12.6. The largest absolute Gasteiger partial charge is 0.494 e. The van der Waals surface area contributed by atoms with Crippen LogP contribution in [0.25, 0.3) is 10.9 Å². The average molecular weight is 618 g/mol. The lowest BCUT2D eigenvalue weighted by Crippen LogP contribution is -2.46. The SMILES string of the molecule is CC(C)CC(C)CNC(=O)OCOc1ccc2ccc(OCCCCN3CCN(c4cccc(Cl)c4Cl)CC3)cc2n1. The molecule has 1 N–H and O–H groups in total. The van der Waals surface area contributed by atoms with Gasteiger partial charge in [-0.15, -0.1) is 0 Å². The molecule has 42 heavy (non-hydrogen) atoms. The summed E-state index contributed by atoms with van der Waals surface area (Å²) in [6.07, 6.45) is 2.58.